The monoisotopic (exact) mass is 421 g/mol. The fourth-order valence-electron chi connectivity index (χ4n) is 2.96. The lowest BCUT2D eigenvalue weighted by molar-refractivity contribution is -0.139. The molecular weight excluding hydrogens is 407 g/mol. The molecule has 1 aromatic carbocycles. The minimum Gasteiger partial charge on any atom is -0.493 e. The van der Waals surface area contributed by atoms with E-state index in [2.05, 4.69) is 20.2 Å². The molecule has 0 fully saturated rings. The van der Waals surface area contributed by atoms with Crippen LogP contribution in [0.15, 0.2) is 30.3 Å². The number of aryl methyl sites for hydroxylation is 2. The molecular formula is C19H15ClF3N5O. The Labute approximate surface area is 168 Å². The number of fused-ring (bicyclic) bond motifs is 3. The van der Waals surface area contributed by atoms with Crippen LogP contribution < -0.4 is 4.74 Å². The summed E-state index contributed by atoms with van der Waals surface area (Å²) in [6, 6.07) is 8.32. The van der Waals surface area contributed by atoms with Crippen molar-refractivity contribution in [2.45, 2.75) is 26.4 Å². The highest BCUT2D eigenvalue weighted by molar-refractivity contribution is 6.33. The van der Waals surface area contributed by atoms with Crippen LogP contribution in [0.5, 0.6) is 5.75 Å². The highest BCUT2D eigenvalue weighted by atomic mass is 35.5. The van der Waals surface area contributed by atoms with E-state index in [1.54, 1.807) is 16.5 Å². The topological polar surface area (TPSA) is 65.2 Å². The molecule has 0 saturated carbocycles. The van der Waals surface area contributed by atoms with Crippen molar-refractivity contribution in [2.24, 2.45) is 0 Å². The van der Waals surface area contributed by atoms with Gasteiger partial charge in [-0.15, -0.1) is 10.2 Å². The van der Waals surface area contributed by atoms with E-state index in [0.717, 1.165) is 5.69 Å². The lowest BCUT2D eigenvalue weighted by Gasteiger charge is -2.11. The van der Waals surface area contributed by atoms with Crippen LogP contribution >= 0.6 is 11.6 Å². The largest absolute Gasteiger partial charge is 0.493 e. The molecule has 29 heavy (non-hydrogen) atoms. The molecule has 0 aliphatic rings. The summed E-state index contributed by atoms with van der Waals surface area (Å²) in [5, 5.41) is 8.80. The van der Waals surface area contributed by atoms with Gasteiger partial charge in [0.15, 0.2) is 17.1 Å². The Kier molecular flexibility index (Phi) is 4.77. The average Bonchev–Trinajstić information content (AvgIpc) is 3.09. The highest BCUT2D eigenvalue weighted by Gasteiger charge is 2.27. The number of halogens is 4. The van der Waals surface area contributed by atoms with E-state index in [-0.39, 0.29) is 5.75 Å². The number of benzene rings is 1. The summed E-state index contributed by atoms with van der Waals surface area (Å²) in [7, 11) is 0. The Morgan fingerprint density at radius 2 is 1.83 bits per heavy atom. The molecule has 10 heteroatoms. The van der Waals surface area contributed by atoms with Crippen LogP contribution in [0.4, 0.5) is 13.2 Å². The molecule has 0 radical (unpaired) electrons. The van der Waals surface area contributed by atoms with Gasteiger partial charge in [-0.3, -0.25) is 4.40 Å². The van der Waals surface area contributed by atoms with E-state index in [4.69, 9.17) is 16.3 Å². The van der Waals surface area contributed by atoms with E-state index in [1.165, 1.54) is 6.07 Å². The van der Waals surface area contributed by atoms with E-state index in [9.17, 15) is 13.2 Å². The van der Waals surface area contributed by atoms with Crippen LogP contribution in [-0.4, -0.2) is 37.3 Å². The van der Waals surface area contributed by atoms with Crippen molar-refractivity contribution in [1.82, 2.24) is 24.6 Å². The van der Waals surface area contributed by atoms with Crippen molar-refractivity contribution in [1.29, 1.82) is 0 Å². The van der Waals surface area contributed by atoms with Gasteiger partial charge in [0.2, 0.25) is 0 Å². The molecule has 0 atom stereocenters. The molecule has 4 aromatic rings. The predicted octanol–water partition coefficient (Wildman–Crippen LogP) is 4.94. The Bertz CT molecular complexity index is 1220. The first-order valence-corrected chi connectivity index (χ1v) is 9.09. The molecule has 0 saturated heterocycles. The number of hydrogen-bond acceptors (Lipinski definition) is 5. The molecule has 3 heterocycles. The van der Waals surface area contributed by atoms with Gasteiger partial charge in [-0.25, -0.2) is 9.97 Å². The molecule has 0 aliphatic heterocycles. The van der Waals surface area contributed by atoms with Crippen LogP contribution in [0.1, 0.15) is 17.8 Å². The second-order valence-corrected chi connectivity index (χ2v) is 6.94. The summed E-state index contributed by atoms with van der Waals surface area (Å²) >= 11 is 6.36. The second kappa shape index (κ2) is 7.14. The van der Waals surface area contributed by atoms with Crippen LogP contribution in [-0.2, 0) is 0 Å². The molecule has 0 unspecified atom stereocenters. The first-order chi connectivity index (χ1) is 13.7. The third-order valence-electron chi connectivity index (χ3n) is 4.31. The lowest BCUT2D eigenvalue weighted by Crippen LogP contribution is -2.13. The molecule has 0 N–H and O–H groups in total. The number of rotatable bonds is 4. The summed E-state index contributed by atoms with van der Waals surface area (Å²) in [6.07, 6.45) is -5.33. The summed E-state index contributed by atoms with van der Waals surface area (Å²) < 4.78 is 44.1. The average molecular weight is 422 g/mol. The van der Waals surface area contributed by atoms with Gasteiger partial charge < -0.3 is 4.74 Å². The Balaban J connectivity index is 1.83. The maximum Gasteiger partial charge on any atom is 0.392 e. The zero-order valence-electron chi connectivity index (χ0n) is 15.5. The van der Waals surface area contributed by atoms with E-state index in [1.807, 2.05) is 26.0 Å². The molecule has 0 aliphatic carbocycles. The summed E-state index contributed by atoms with van der Waals surface area (Å²) in [5.41, 5.74) is 3.67. The minimum absolute atomic E-state index is 0.254. The Morgan fingerprint density at radius 1 is 1.03 bits per heavy atom. The van der Waals surface area contributed by atoms with Gasteiger partial charge in [-0.05, 0) is 44.2 Å². The van der Waals surface area contributed by atoms with Crippen LogP contribution in [0.25, 0.3) is 28.2 Å². The van der Waals surface area contributed by atoms with Crippen molar-refractivity contribution in [3.05, 3.63) is 46.7 Å². The number of aromatic nitrogens is 5. The zero-order valence-corrected chi connectivity index (χ0v) is 16.2. The van der Waals surface area contributed by atoms with Gasteiger partial charge in [0.1, 0.15) is 11.3 Å². The molecule has 0 amide bonds. The molecule has 0 bridgehead atoms. The maximum atomic E-state index is 12.4. The smallest absolute Gasteiger partial charge is 0.392 e. The van der Waals surface area contributed by atoms with Crippen molar-refractivity contribution in [2.75, 3.05) is 6.61 Å². The number of hydrogen-bond donors (Lipinski definition) is 0. The van der Waals surface area contributed by atoms with Crippen LogP contribution in [0.2, 0.25) is 5.02 Å². The minimum atomic E-state index is -4.29. The maximum absolute atomic E-state index is 12.4. The van der Waals surface area contributed by atoms with E-state index >= 15 is 0 Å². The van der Waals surface area contributed by atoms with Gasteiger partial charge in [0.05, 0.1) is 23.7 Å². The SMILES string of the molecule is Cc1ccc2nc(C)c3nnc(-c4cc(OCCC(F)(F)F)ccc4Cl)n3c2n1. The summed E-state index contributed by atoms with van der Waals surface area (Å²) in [5.74, 6) is 0.657. The first-order valence-electron chi connectivity index (χ1n) is 8.71. The van der Waals surface area contributed by atoms with Gasteiger partial charge in [-0.1, -0.05) is 11.6 Å². The second-order valence-electron chi connectivity index (χ2n) is 6.53. The quantitative estimate of drug-likeness (QED) is 0.467. The van der Waals surface area contributed by atoms with Crippen molar-refractivity contribution < 1.29 is 17.9 Å². The summed E-state index contributed by atoms with van der Waals surface area (Å²) in [6.45, 7) is 3.18. The molecule has 0 spiro atoms. The van der Waals surface area contributed by atoms with Gasteiger partial charge in [-0.2, -0.15) is 13.2 Å². The van der Waals surface area contributed by atoms with Crippen LogP contribution in [0.3, 0.4) is 0 Å². The summed E-state index contributed by atoms with van der Waals surface area (Å²) in [4.78, 5) is 9.06. The molecule has 3 aromatic heterocycles. The van der Waals surface area contributed by atoms with Gasteiger partial charge in [0.25, 0.3) is 0 Å². The van der Waals surface area contributed by atoms with E-state index in [0.29, 0.717) is 38.9 Å². The Hall–Kier alpha value is -2.94. The number of alkyl halides is 3. The lowest BCUT2D eigenvalue weighted by atomic mass is 10.2. The van der Waals surface area contributed by atoms with Crippen molar-refractivity contribution in [3.63, 3.8) is 0 Å². The molecule has 4 rings (SSSR count). The molecule has 150 valence electrons. The van der Waals surface area contributed by atoms with Gasteiger partial charge in [0, 0.05) is 11.3 Å². The fourth-order valence-corrected chi connectivity index (χ4v) is 3.16. The number of nitrogens with zero attached hydrogens (tertiary/aromatic N) is 5. The number of ether oxygens (including phenoxy) is 1. The standard InChI is InChI=1S/C19H15ClF3N5O/c1-10-3-6-15-18(24-10)28-16(11(2)25-15)26-27-17(28)13-9-12(4-5-14(13)20)29-8-7-19(21,22)23/h3-6,9H,7-8H2,1-2H3. The van der Waals surface area contributed by atoms with E-state index < -0.39 is 19.2 Å². The Morgan fingerprint density at radius 3 is 2.59 bits per heavy atom. The first kappa shape index (κ1) is 19.4. The van der Waals surface area contributed by atoms with Crippen LogP contribution in [0, 0.1) is 13.8 Å². The third kappa shape index (κ3) is 3.82. The highest BCUT2D eigenvalue weighted by Crippen LogP contribution is 2.32. The fraction of sp³-hybridized carbons (Fsp3) is 0.263. The normalized spacial score (nSPS) is 12.1. The van der Waals surface area contributed by atoms with Crippen molar-refractivity contribution >= 4 is 28.4 Å². The zero-order chi connectivity index (χ0) is 20.8. The molecule has 6 nitrogen and oxygen atoms in total. The van der Waals surface area contributed by atoms with Gasteiger partial charge >= 0.3 is 6.18 Å². The van der Waals surface area contributed by atoms with Crippen molar-refractivity contribution in [3.8, 4) is 17.1 Å². The number of pyridine rings is 1. The third-order valence-corrected chi connectivity index (χ3v) is 4.64. The predicted molar refractivity (Wildman–Crippen MR) is 102 cm³/mol.